The quantitative estimate of drug-likeness (QED) is 0.304. The minimum Gasteiger partial charge on any atom is -0.497 e. The second-order valence-corrected chi connectivity index (χ2v) is 7.35. The number of methoxy groups -OCH3 is 1. The van der Waals surface area contributed by atoms with Gasteiger partial charge in [-0.3, -0.25) is 4.72 Å². The van der Waals surface area contributed by atoms with Gasteiger partial charge in [-0.1, -0.05) is 43.1 Å². The third-order valence-corrected chi connectivity index (χ3v) is 5.35. The maximum Gasteiger partial charge on any atom is 0.152 e. The molecule has 150 valence electrons. The van der Waals surface area contributed by atoms with E-state index in [0.717, 1.165) is 65.9 Å². The van der Waals surface area contributed by atoms with Crippen LogP contribution in [0.15, 0.2) is 48.5 Å². The summed E-state index contributed by atoms with van der Waals surface area (Å²) >= 11 is 4.09. The number of hydrogen-bond donors (Lipinski definition) is 3. The van der Waals surface area contributed by atoms with Gasteiger partial charge >= 0.3 is 0 Å². The Kier molecular flexibility index (Phi) is 5.87. The number of benzene rings is 2. The van der Waals surface area contributed by atoms with Gasteiger partial charge in [-0.05, 0) is 36.6 Å². The third-order valence-electron chi connectivity index (χ3n) is 5.13. The molecule has 0 saturated heterocycles. The van der Waals surface area contributed by atoms with E-state index in [1.54, 1.807) is 7.11 Å². The number of imidazole rings is 1. The highest BCUT2D eigenvalue weighted by Gasteiger charge is 2.17. The molecule has 0 aliphatic rings. The Bertz CT molecular complexity index is 1120. The van der Waals surface area contributed by atoms with Crippen molar-refractivity contribution >= 4 is 40.6 Å². The highest BCUT2D eigenvalue weighted by molar-refractivity contribution is 7.78. The Morgan fingerprint density at radius 3 is 2.62 bits per heavy atom. The van der Waals surface area contributed by atoms with Gasteiger partial charge in [0.1, 0.15) is 17.1 Å². The van der Waals surface area contributed by atoms with Crippen molar-refractivity contribution in [2.24, 2.45) is 0 Å². The number of unbranched alkanes of at least 4 members (excludes halogenated alkanes) is 1. The van der Waals surface area contributed by atoms with Crippen LogP contribution in [0.4, 0.5) is 5.82 Å². The standard InChI is InChI=1S/C22H25N5OS/c1-28-16-10-8-15(9-11-16)14-19-26-20-21(27(19)13-5-4-12-24-29)17-6-2-3-7-18(17)25-22(20)23/h2-3,6-11,24,29H,4-5,12-14H2,1H3,(H2,23,25). The highest BCUT2D eigenvalue weighted by atomic mass is 32.1. The topological polar surface area (TPSA) is 78.0 Å². The zero-order valence-corrected chi connectivity index (χ0v) is 17.3. The summed E-state index contributed by atoms with van der Waals surface area (Å²) in [5, 5.41) is 1.08. The van der Waals surface area contributed by atoms with Crippen LogP contribution in [0.2, 0.25) is 0 Å². The smallest absolute Gasteiger partial charge is 0.152 e. The number of nitrogens with two attached hydrogens (primary N) is 1. The number of ether oxygens (including phenoxy) is 1. The molecule has 0 spiro atoms. The fraction of sp³-hybridized carbons (Fsp3) is 0.273. The van der Waals surface area contributed by atoms with Crippen LogP contribution in [0, 0.1) is 0 Å². The lowest BCUT2D eigenvalue weighted by Gasteiger charge is -2.11. The van der Waals surface area contributed by atoms with Crippen LogP contribution >= 0.6 is 12.8 Å². The molecular weight excluding hydrogens is 382 g/mol. The number of aromatic nitrogens is 3. The van der Waals surface area contributed by atoms with Crippen molar-refractivity contribution in [3.05, 3.63) is 59.9 Å². The zero-order valence-electron chi connectivity index (χ0n) is 16.4. The van der Waals surface area contributed by atoms with Crippen molar-refractivity contribution in [1.82, 2.24) is 19.3 Å². The first-order chi connectivity index (χ1) is 14.2. The second kappa shape index (κ2) is 8.71. The molecule has 0 atom stereocenters. The van der Waals surface area contributed by atoms with Gasteiger partial charge in [0, 0.05) is 24.9 Å². The molecule has 4 aromatic rings. The lowest BCUT2D eigenvalue weighted by Crippen LogP contribution is -2.08. The molecule has 2 aromatic heterocycles. The Balaban J connectivity index is 1.80. The molecule has 2 heterocycles. The van der Waals surface area contributed by atoms with Gasteiger partial charge in [-0.25, -0.2) is 9.97 Å². The number of nitrogens with zero attached hydrogens (tertiary/aromatic N) is 3. The molecule has 0 aliphatic carbocycles. The number of rotatable bonds is 8. The van der Waals surface area contributed by atoms with Crippen LogP contribution in [-0.2, 0) is 13.0 Å². The number of thiol groups is 1. The van der Waals surface area contributed by atoms with Crippen molar-refractivity contribution in [1.29, 1.82) is 0 Å². The Morgan fingerprint density at radius 1 is 1.07 bits per heavy atom. The van der Waals surface area contributed by atoms with Gasteiger partial charge in [0.05, 0.1) is 18.1 Å². The molecule has 3 N–H and O–H groups in total. The summed E-state index contributed by atoms with van der Waals surface area (Å²) in [5.74, 6) is 2.32. The predicted octanol–water partition coefficient (Wildman–Crippen LogP) is 3.98. The molecule has 6 nitrogen and oxygen atoms in total. The summed E-state index contributed by atoms with van der Waals surface area (Å²) in [4.78, 5) is 9.48. The van der Waals surface area contributed by atoms with E-state index in [1.807, 2.05) is 30.3 Å². The maximum atomic E-state index is 6.29. The Hall–Kier alpha value is -2.77. The average molecular weight is 408 g/mol. The summed E-state index contributed by atoms with van der Waals surface area (Å²) in [6.45, 7) is 1.74. The molecule has 2 aromatic carbocycles. The normalized spacial score (nSPS) is 11.4. The van der Waals surface area contributed by atoms with E-state index in [2.05, 4.69) is 45.3 Å². The average Bonchev–Trinajstić information content (AvgIpc) is 3.11. The molecule has 0 fully saturated rings. The summed E-state index contributed by atoms with van der Waals surface area (Å²) in [5.41, 5.74) is 10.2. The number of fused-ring (bicyclic) bond motifs is 3. The largest absolute Gasteiger partial charge is 0.497 e. The molecule has 7 heteroatoms. The lowest BCUT2D eigenvalue weighted by atomic mass is 10.1. The van der Waals surface area contributed by atoms with E-state index in [1.165, 1.54) is 5.56 Å². The van der Waals surface area contributed by atoms with Gasteiger partial charge in [0.2, 0.25) is 0 Å². The first-order valence-electron chi connectivity index (χ1n) is 9.74. The zero-order chi connectivity index (χ0) is 20.2. The first-order valence-corrected chi connectivity index (χ1v) is 10.2. The van der Waals surface area contributed by atoms with E-state index in [9.17, 15) is 0 Å². The van der Waals surface area contributed by atoms with Crippen LogP contribution in [-0.4, -0.2) is 28.2 Å². The molecule has 0 amide bonds. The van der Waals surface area contributed by atoms with Crippen LogP contribution < -0.4 is 15.2 Å². The minimum atomic E-state index is 0.477. The minimum absolute atomic E-state index is 0.477. The number of anilines is 1. The molecule has 0 saturated carbocycles. The molecule has 0 radical (unpaired) electrons. The number of nitrogens with one attached hydrogen (secondary N) is 1. The second-order valence-electron chi connectivity index (χ2n) is 7.03. The van der Waals surface area contributed by atoms with Crippen LogP contribution in [0.3, 0.4) is 0 Å². The molecule has 0 unspecified atom stereocenters. The van der Waals surface area contributed by atoms with E-state index in [0.29, 0.717) is 5.82 Å². The monoisotopic (exact) mass is 407 g/mol. The number of nitrogen functional groups attached to an aromatic ring is 1. The van der Waals surface area contributed by atoms with Gasteiger partial charge in [0.15, 0.2) is 5.82 Å². The van der Waals surface area contributed by atoms with E-state index in [-0.39, 0.29) is 0 Å². The lowest BCUT2D eigenvalue weighted by molar-refractivity contribution is 0.414. The highest BCUT2D eigenvalue weighted by Crippen LogP contribution is 2.30. The summed E-state index contributed by atoms with van der Waals surface area (Å²) < 4.78 is 10.5. The molecular formula is C22H25N5OS. The van der Waals surface area contributed by atoms with Gasteiger partial charge in [-0.2, -0.15) is 0 Å². The van der Waals surface area contributed by atoms with Crippen molar-refractivity contribution in [3.63, 3.8) is 0 Å². The van der Waals surface area contributed by atoms with Crippen LogP contribution in [0.5, 0.6) is 5.75 Å². The van der Waals surface area contributed by atoms with Gasteiger partial charge < -0.3 is 15.0 Å². The van der Waals surface area contributed by atoms with Gasteiger partial charge in [0.25, 0.3) is 0 Å². The first kappa shape index (κ1) is 19.5. The Morgan fingerprint density at radius 2 is 1.86 bits per heavy atom. The Labute approximate surface area is 175 Å². The predicted molar refractivity (Wildman–Crippen MR) is 121 cm³/mol. The summed E-state index contributed by atoms with van der Waals surface area (Å²) in [6, 6.07) is 16.2. The van der Waals surface area contributed by atoms with Crippen molar-refractivity contribution in [2.75, 3.05) is 19.4 Å². The molecule has 4 rings (SSSR count). The van der Waals surface area contributed by atoms with E-state index < -0.39 is 0 Å². The SMILES string of the molecule is COc1ccc(Cc2nc3c(N)nc4ccccc4c3n2CCCCNS)cc1. The number of para-hydroxylation sites is 1. The fourth-order valence-corrected chi connectivity index (χ4v) is 3.84. The molecule has 0 bridgehead atoms. The number of pyridine rings is 1. The molecule has 29 heavy (non-hydrogen) atoms. The van der Waals surface area contributed by atoms with Gasteiger partial charge in [-0.15, -0.1) is 0 Å². The number of aryl methyl sites for hydroxylation is 1. The van der Waals surface area contributed by atoms with Crippen molar-refractivity contribution in [3.8, 4) is 5.75 Å². The summed E-state index contributed by atoms with van der Waals surface area (Å²) in [7, 11) is 1.68. The van der Waals surface area contributed by atoms with E-state index in [4.69, 9.17) is 15.5 Å². The van der Waals surface area contributed by atoms with E-state index >= 15 is 0 Å². The third kappa shape index (κ3) is 4.02. The molecule has 0 aliphatic heterocycles. The number of hydrogen-bond acceptors (Lipinski definition) is 6. The van der Waals surface area contributed by atoms with Crippen molar-refractivity contribution in [2.45, 2.75) is 25.8 Å². The fourth-order valence-electron chi connectivity index (χ4n) is 3.68. The van der Waals surface area contributed by atoms with Crippen molar-refractivity contribution < 1.29 is 4.74 Å². The van der Waals surface area contributed by atoms with Crippen LogP contribution in [0.1, 0.15) is 24.2 Å². The summed E-state index contributed by atoms with van der Waals surface area (Å²) in [6.07, 6.45) is 2.77. The van der Waals surface area contributed by atoms with Crippen LogP contribution in [0.25, 0.3) is 21.9 Å². The maximum absolute atomic E-state index is 6.29.